The van der Waals surface area contributed by atoms with Gasteiger partial charge in [0, 0.05) is 18.0 Å². The van der Waals surface area contributed by atoms with Gasteiger partial charge < -0.3 is 4.90 Å². The summed E-state index contributed by atoms with van der Waals surface area (Å²) in [5.41, 5.74) is 0.876. The minimum absolute atomic E-state index is 0.0812. The first-order valence-electron chi connectivity index (χ1n) is 8.01. The molecule has 2 aliphatic rings. The van der Waals surface area contributed by atoms with Crippen molar-refractivity contribution < 1.29 is 9.18 Å². The van der Waals surface area contributed by atoms with Crippen LogP contribution in [0.25, 0.3) is 0 Å². The Bertz CT molecular complexity index is 608. The summed E-state index contributed by atoms with van der Waals surface area (Å²) in [7, 11) is 2.14. The number of nitriles is 1. The number of Topliss-reactive ketones (excluding diaryl/α,β-unsaturated/α-hetero) is 1. The Morgan fingerprint density at radius 1 is 1.36 bits per heavy atom. The van der Waals surface area contributed by atoms with E-state index in [4.69, 9.17) is 5.26 Å². The summed E-state index contributed by atoms with van der Waals surface area (Å²) in [5.74, 6) is -0.628. The highest BCUT2D eigenvalue weighted by Gasteiger charge is 2.39. The largest absolute Gasteiger partial charge is 0.300 e. The van der Waals surface area contributed by atoms with E-state index in [1.165, 1.54) is 12.5 Å². The SMILES string of the molecule is CN1C2CCCC1CC(C(=O)c1cc(CC#N)ccc1F)C2. The van der Waals surface area contributed by atoms with Gasteiger partial charge in [0.15, 0.2) is 5.78 Å². The van der Waals surface area contributed by atoms with Crippen molar-refractivity contribution in [3.05, 3.63) is 35.1 Å². The molecule has 2 heterocycles. The van der Waals surface area contributed by atoms with Crippen LogP contribution in [-0.4, -0.2) is 29.8 Å². The standard InChI is InChI=1S/C18H21FN2O/c1-21-14-3-2-4-15(21)11-13(10-14)18(22)16-9-12(7-8-20)5-6-17(16)19/h5-6,9,13-15H,2-4,7,10-11H2,1H3. The molecule has 0 spiro atoms. The summed E-state index contributed by atoms with van der Waals surface area (Å²) in [6, 6.07) is 7.41. The molecule has 2 aliphatic heterocycles. The minimum atomic E-state index is -0.462. The van der Waals surface area contributed by atoms with E-state index in [1.54, 1.807) is 12.1 Å². The second kappa shape index (κ2) is 6.18. The molecule has 0 radical (unpaired) electrons. The molecule has 2 bridgehead atoms. The van der Waals surface area contributed by atoms with Crippen molar-refractivity contribution in [3.63, 3.8) is 0 Å². The molecule has 116 valence electrons. The molecule has 0 aromatic heterocycles. The van der Waals surface area contributed by atoms with Gasteiger partial charge in [0.25, 0.3) is 0 Å². The molecule has 0 amide bonds. The number of rotatable bonds is 3. The molecular formula is C18H21FN2O. The molecule has 2 fully saturated rings. The summed E-state index contributed by atoms with van der Waals surface area (Å²) in [6.45, 7) is 0. The number of carbonyl (C=O) groups excluding carboxylic acids is 1. The van der Waals surface area contributed by atoms with Crippen LogP contribution in [0.1, 0.15) is 48.0 Å². The maximum Gasteiger partial charge on any atom is 0.169 e. The predicted octanol–water partition coefficient (Wildman–Crippen LogP) is 3.34. The predicted molar refractivity (Wildman–Crippen MR) is 82.0 cm³/mol. The van der Waals surface area contributed by atoms with Gasteiger partial charge in [-0.15, -0.1) is 0 Å². The number of fused-ring (bicyclic) bond motifs is 2. The van der Waals surface area contributed by atoms with Crippen LogP contribution >= 0.6 is 0 Å². The summed E-state index contributed by atoms with van der Waals surface area (Å²) in [5, 5.41) is 8.77. The van der Waals surface area contributed by atoms with E-state index in [2.05, 4.69) is 11.9 Å². The lowest BCUT2D eigenvalue weighted by Gasteiger charge is -2.46. The van der Waals surface area contributed by atoms with Crippen LogP contribution in [0.4, 0.5) is 4.39 Å². The van der Waals surface area contributed by atoms with Crippen molar-refractivity contribution in [3.8, 4) is 6.07 Å². The molecular weight excluding hydrogens is 279 g/mol. The lowest BCUT2D eigenvalue weighted by atomic mass is 9.76. The van der Waals surface area contributed by atoms with E-state index in [9.17, 15) is 9.18 Å². The molecule has 0 aliphatic carbocycles. The number of halogens is 1. The van der Waals surface area contributed by atoms with Gasteiger partial charge in [-0.25, -0.2) is 4.39 Å². The van der Waals surface area contributed by atoms with Crippen molar-refractivity contribution in [2.75, 3.05) is 7.05 Å². The van der Waals surface area contributed by atoms with Crippen LogP contribution in [0.5, 0.6) is 0 Å². The molecule has 2 atom stereocenters. The Labute approximate surface area is 130 Å². The molecule has 1 aromatic rings. The van der Waals surface area contributed by atoms with Crippen molar-refractivity contribution in [1.29, 1.82) is 5.26 Å². The van der Waals surface area contributed by atoms with E-state index in [0.717, 1.165) is 25.7 Å². The quantitative estimate of drug-likeness (QED) is 0.804. The van der Waals surface area contributed by atoms with E-state index in [0.29, 0.717) is 17.6 Å². The zero-order chi connectivity index (χ0) is 15.7. The number of carbonyl (C=O) groups is 1. The van der Waals surface area contributed by atoms with Crippen molar-refractivity contribution in [2.45, 2.75) is 50.6 Å². The van der Waals surface area contributed by atoms with Crippen molar-refractivity contribution in [2.24, 2.45) is 5.92 Å². The summed E-state index contributed by atoms with van der Waals surface area (Å²) < 4.78 is 14.1. The first-order valence-corrected chi connectivity index (χ1v) is 8.01. The first-order chi connectivity index (χ1) is 10.6. The average Bonchev–Trinajstić information content (AvgIpc) is 2.48. The van der Waals surface area contributed by atoms with Gasteiger partial charge in [0.1, 0.15) is 5.82 Å². The summed E-state index contributed by atoms with van der Waals surface area (Å²) in [4.78, 5) is 15.2. The number of nitrogens with zero attached hydrogens (tertiary/aromatic N) is 2. The molecule has 2 unspecified atom stereocenters. The normalized spacial score (nSPS) is 28.1. The third-order valence-corrected chi connectivity index (χ3v) is 5.29. The fourth-order valence-electron chi connectivity index (χ4n) is 4.01. The number of benzene rings is 1. The summed E-state index contributed by atoms with van der Waals surface area (Å²) in [6.07, 6.45) is 5.36. The van der Waals surface area contributed by atoms with E-state index >= 15 is 0 Å². The maximum absolute atomic E-state index is 14.1. The molecule has 3 nitrogen and oxygen atoms in total. The van der Waals surface area contributed by atoms with E-state index in [-0.39, 0.29) is 23.7 Å². The topological polar surface area (TPSA) is 44.1 Å². The third kappa shape index (κ3) is 2.78. The lowest BCUT2D eigenvalue weighted by Crippen LogP contribution is -2.51. The monoisotopic (exact) mass is 300 g/mol. The fourth-order valence-corrected chi connectivity index (χ4v) is 4.01. The molecule has 2 saturated heterocycles. The fraction of sp³-hybridized carbons (Fsp3) is 0.556. The minimum Gasteiger partial charge on any atom is -0.300 e. The lowest BCUT2D eigenvalue weighted by molar-refractivity contribution is 0.0337. The number of ketones is 1. The second-order valence-electron chi connectivity index (χ2n) is 6.59. The zero-order valence-corrected chi connectivity index (χ0v) is 12.9. The molecule has 1 aromatic carbocycles. The highest BCUT2D eigenvalue weighted by atomic mass is 19.1. The Balaban J connectivity index is 1.82. The van der Waals surface area contributed by atoms with Crippen LogP contribution in [0.15, 0.2) is 18.2 Å². The van der Waals surface area contributed by atoms with Gasteiger partial charge in [-0.3, -0.25) is 4.79 Å². The van der Waals surface area contributed by atoms with Crippen molar-refractivity contribution in [1.82, 2.24) is 4.90 Å². The smallest absolute Gasteiger partial charge is 0.169 e. The highest BCUT2D eigenvalue weighted by Crippen LogP contribution is 2.37. The third-order valence-electron chi connectivity index (χ3n) is 5.29. The van der Waals surface area contributed by atoms with Gasteiger partial charge >= 0.3 is 0 Å². The van der Waals surface area contributed by atoms with Crippen LogP contribution in [0.3, 0.4) is 0 Å². The van der Waals surface area contributed by atoms with Crippen LogP contribution in [0, 0.1) is 23.1 Å². The summed E-state index contributed by atoms with van der Waals surface area (Å²) >= 11 is 0. The van der Waals surface area contributed by atoms with Crippen LogP contribution < -0.4 is 0 Å². The molecule has 22 heavy (non-hydrogen) atoms. The average molecular weight is 300 g/mol. The van der Waals surface area contributed by atoms with Crippen molar-refractivity contribution >= 4 is 5.78 Å². The highest BCUT2D eigenvalue weighted by molar-refractivity contribution is 5.98. The van der Waals surface area contributed by atoms with Crippen LogP contribution in [-0.2, 0) is 6.42 Å². The maximum atomic E-state index is 14.1. The van der Waals surface area contributed by atoms with Gasteiger partial charge in [0.2, 0.25) is 0 Å². The van der Waals surface area contributed by atoms with Gasteiger partial charge in [-0.05, 0) is 50.4 Å². The number of piperidine rings is 2. The van der Waals surface area contributed by atoms with Gasteiger partial charge in [-0.1, -0.05) is 12.5 Å². The Morgan fingerprint density at radius 2 is 2.05 bits per heavy atom. The van der Waals surface area contributed by atoms with Gasteiger partial charge in [-0.2, -0.15) is 5.26 Å². The van der Waals surface area contributed by atoms with E-state index < -0.39 is 5.82 Å². The van der Waals surface area contributed by atoms with Crippen LogP contribution in [0.2, 0.25) is 0 Å². The second-order valence-corrected chi connectivity index (χ2v) is 6.59. The Kier molecular flexibility index (Phi) is 4.26. The Hall–Kier alpha value is -1.73. The van der Waals surface area contributed by atoms with E-state index in [1.807, 2.05) is 6.07 Å². The zero-order valence-electron chi connectivity index (χ0n) is 12.9. The molecule has 3 rings (SSSR count). The molecule has 0 N–H and O–H groups in total. The number of hydrogen-bond acceptors (Lipinski definition) is 3. The van der Waals surface area contributed by atoms with Gasteiger partial charge in [0.05, 0.1) is 18.1 Å². The molecule has 0 saturated carbocycles. The Morgan fingerprint density at radius 3 is 2.68 bits per heavy atom. The number of hydrogen-bond donors (Lipinski definition) is 0. The first kappa shape index (κ1) is 15.2. The molecule has 4 heteroatoms.